The molecule has 4 heteroatoms. The molecule has 2 saturated carbocycles. The molecule has 0 spiro atoms. The summed E-state index contributed by atoms with van der Waals surface area (Å²) in [4.78, 5) is 14.1. The van der Waals surface area contributed by atoms with Crippen molar-refractivity contribution in [3.05, 3.63) is 0 Å². The molecule has 3 rings (SSSR count). The van der Waals surface area contributed by atoms with Crippen LogP contribution < -0.4 is 5.32 Å². The number of methoxy groups -OCH3 is 1. The van der Waals surface area contributed by atoms with Crippen molar-refractivity contribution in [2.24, 2.45) is 5.92 Å². The lowest BCUT2D eigenvalue weighted by Gasteiger charge is -2.37. The maximum absolute atomic E-state index is 12.0. The van der Waals surface area contributed by atoms with Gasteiger partial charge in [-0.05, 0) is 51.4 Å². The summed E-state index contributed by atoms with van der Waals surface area (Å²) in [5.74, 6) is 0.792. The van der Waals surface area contributed by atoms with E-state index in [4.69, 9.17) is 4.74 Å². The maximum atomic E-state index is 12.0. The normalized spacial score (nSPS) is 32.4. The Bertz CT molecular complexity index is 335. The Balaban J connectivity index is 1.40. The summed E-state index contributed by atoms with van der Waals surface area (Å²) < 4.78 is 5.50. The molecule has 0 aromatic heterocycles. The molecule has 3 fully saturated rings. The van der Waals surface area contributed by atoms with E-state index >= 15 is 0 Å². The van der Waals surface area contributed by atoms with Crippen LogP contribution in [0, 0.1) is 5.92 Å². The van der Waals surface area contributed by atoms with Gasteiger partial charge in [0.2, 0.25) is 5.91 Å². The van der Waals surface area contributed by atoms with Gasteiger partial charge in [0, 0.05) is 38.2 Å². The van der Waals surface area contributed by atoms with E-state index in [1.807, 2.05) is 7.11 Å². The van der Waals surface area contributed by atoms with Crippen molar-refractivity contribution >= 4 is 5.91 Å². The first-order chi connectivity index (χ1) is 9.76. The SMILES string of the molecule is COC1CCCC(NC2CCN(C(=O)C3CC3)CC2)C1. The second-order valence-corrected chi connectivity index (χ2v) is 6.76. The fourth-order valence-electron chi connectivity index (χ4n) is 3.70. The van der Waals surface area contributed by atoms with E-state index in [1.165, 1.54) is 19.3 Å². The zero-order valence-corrected chi connectivity index (χ0v) is 12.6. The molecule has 1 N–H and O–H groups in total. The van der Waals surface area contributed by atoms with E-state index in [0.717, 1.165) is 45.2 Å². The fourth-order valence-corrected chi connectivity index (χ4v) is 3.70. The summed E-state index contributed by atoms with van der Waals surface area (Å²) in [6.07, 6.45) is 9.84. The van der Waals surface area contributed by atoms with Crippen molar-refractivity contribution in [2.75, 3.05) is 20.2 Å². The van der Waals surface area contributed by atoms with Gasteiger partial charge in [-0.1, -0.05) is 0 Å². The largest absolute Gasteiger partial charge is 0.381 e. The number of carbonyl (C=O) groups is 1. The van der Waals surface area contributed by atoms with Crippen LogP contribution in [0.25, 0.3) is 0 Å². The Labute approximate surface area is 122 Å². The predicted molar refractivity (Wildman–Crippen MR) is 78.5 cm³/mol. The topological polar surface area (TPSA) is 41.6 Å². The highest BCUT2D eigenvalue weighted by atomic mass is 16.5. The van der Waals surface area contributed by atoms with E-state index in [-0.39, 0.29) is 0 Å². The van der Waals surface area contributed by atoms with Crippen molar-refractivity contribution in [1.29, 1.82) is 0 Å². The summed E-state index contributed by atoms with van der Waals surface area (Å²) in [6, 6.07) is 1.21. The number of likely N-dealkylation sites (tertiary alicyclic amines) is 1. The van der Waals surface area contributed by atoms with Gasteiger partial charge in [0.05, 0.1) is 6.10 Å². The number of carbonyl (C=O) groups excluding carboxylic acids is 1. The van der Waals surface area contributed by atoms with Crippen LogP contribution in [0.15, 0.2) is 0 Å². The minimum atomic E-state index is 0.375. The van der Waals surface area contributed by atoms with Crippen LogP contribution >= 0.6 is 0 Å². The lowest BCUT2D eigenvalue weighted by atomic mass is 9.91. The highest BCUT2D eigenvalue weighted by molar-refractivity contribution is 5.81. The molecule has 1 amide bonds. The molecule has 1 saturated heterocycles. The first-order valence-corrected chi connectivity index (χ1v) is 8.34. The smallest absolute Gasteiger partial charge is 0.225 e. The van der Waals surface area contributed by atoms with Gasteiger partial charge < -0.3 is 15.0 Å². The quantitative estimate of drug-likeness (QED) is 0.855. The maximum Gasteiger partial charge on any atom is 0.225 e. The fraction of sp³-hybridized carbons (Fsp3) is 0.938. The number of hydrogen-bond donors (Lipinski definition) is 1. The third-order valence-corrected chi connectivity index (χ3v) is 5.16. The Morgan fingerprint density at radius 3 is 2.45 bits per heavy atom. The number of ether oxygens (including phenoxy) is 1. The molecule has 2 aliphatic carbocycles. The highest BCUT2D eigenvalue weighted by Gasteiger charge is 2.35. The average molecular weight is 280 g/mol. The first kappa shape index (κ1) is 14.3. The van der Waals surface area contributed by atoms with Crippen LogP contribution in [0.1, 0.15) is 51.4 Å². The van der Waals surface area contributed by atoms with Crippen LogP contribution in [0.4, 0.5) is 0 Å². The van der Waals surface area contributed by atoms with Gasteiger partial charge in [-0.3, -0.25) is 4.79 Å². The number of nitrogens with zero attached hydrogens (tertiary/aromatic N) is 1. The summed E-state index contributed by atoms with van der Waals surface area (Å²) in [7, 11) is 1.83. The first-order valence-electron chi connectivity index (χ1n) is 8.34. The Morgan fingerprint density at radius 2 is 1.80 bits per heavy atom. The minimum Gasteiger partial charge on any atom is -0.381 e. The molecule has 4 nitrogen and oxygen atoms in total. The van der Waals surface area contributed by atoms with Crippen molar-refractivity contribution in [3.8, 4) is 0 Å². The molecule has 114 valence electrons. The predicted octanol–water partition coefficient (Wildman–Crippen LogP) is 1.93. The van der Waals surface area contributed by atoms with Crippen molar-refractivity contribution in [2.45, 2.75) is 69.6 Å². The average Bonchev–Trinajstić information content (AvgIpc) is 3.32. The molecular formula is C16H28N2O2. The van der Waals surface area contributed by atoms with Crippen molar-refractivity contribution in [3.63, 3.8) is 0 Å². The lowest BCUT2D eigenvalue weighted by Crippen LogP contribution is -2.49. The van der Waals surface area contributed by atoms with E-state index in [0.29, 0.717) is 30.0 Å². The molecule has 0 aromatic carbocycles. The standard InChI is InChI=1S/C16H28N2O2/c1-20-15-4-2-3-14(11-15)17-13-7-9-18(10-8-13)16(19)12-5-6-12/h12-15,17H,2-11H2,1H3. The molecule has 0 bridgehead atoms. The zero-order valence-electron chi connectivity index (χ0n) is 12.6. The third kappa shape index (κ3) is 3.53. The van der Waals surface area contributed by atoms with Gasteiger partial charge in [0.1, 0.15) is 0 Å². The number of hydrogen-bond acceptors (Lipinski definition) is 3. The second-order valence-electron chi connectivity index (χ2n) is 6.76. The summed E-state index contributed by atoms with van der Waals surface area (Å²) >= 11 is 0. The Kier molecular flexibility index (Phi) is 4.61. The Morgan fingerprint density at radius 1 is 1.05 bits per heavy atom. The van der Waals surface area contributed by atoms with E-state index < -0.39 is 0 Å². The van der Waals surface area contributed by atoms with Gasteiger partial charge in [0.15, 0.2) is 0 Å². The van der Waals surface area contributed by atoms with Crippen LogP contribution in [0.3, 0.4) is 0 Å². The molecule has 3 aliphatic rings. The van der Waals surface area contributed by atoms with E-state index in [1.54, 1.807) is 0 Å². The van der Waals surface area contributed by atoms with E-state index in [2.05, 4.69) is 10.2 Å². The Hall–Kier alpha value is -0.610. The molecule has 0 aromatic rings. The zero-order chi connectivity index (χ0) is 13.9. The molecule has 2 atom stereocenters. The minimum absolute atomic E-state index is 0.375. The summed E-state index contributed by atoms with van der Waals surface area (Å²) in [5.41, 5.74) is 0. The van der Waals surface area contributed by atoms with Gasteiger partial charge in [-0.2, -0.15) is 0 Å². The van der Waals surface area contributed by atoms with Gasteiger partial charge in [0.25, 0.3) is 0 Å². The van der Waals surface area contributed by atoms with Gasteiger partial charge >= 0.3 is 0 Å². The molecule has 1 aliphatic heterocycles. The third-order valence-electron chi connectivity index (χ3n) is 5.16. The molecular weight excluding hydrogens is 252 g/mol. The number of amides is 1. The molecule has 1 heterocycles. The van der Waals surface area contributed by atoms with Gasteiger partial charge in [-0.15, -0.1) is 0 Å². The number of piperidine rings is 1. The highest BCUT2D eigenvalue weighted by Crippen LogP contribution is 2.32. The van der Waals surface area contributed by atoms with Crippen LogP contribution in [-0.2, 0) is 9.53 Å². The van der Waals surface area contributed by atoms with Crippen molar-refractivity contribution in [1.82, 2.24) is 10.2 Å². The summed E-state index contributed by atoms with van der Waals surface area (Å²) in [5, 5.41) is 3.81. The number of rotatable bonds is 4. The van der Waals surface area contributed by atoms with Gasteiger partial charge in [-0.25, -0.2) is 0 Å². The molecule has 20 heavy (non-hydrogen) atoms. The summed E-state index contributed by atoms with van der Waals surface area (Å²) in [6.45, 7) is 1.90. The number of nitrogens with one attached hydrogen (secondary N) is 1. The molecule has 2 unspecified atom stereocenters. The second kappa shape index (κ2) is 6.44. The monoisotopic (exact) mass is 280 g/mol. The van der Waals surface area contributed by atoms with Crippen LogP contribution in [0.5, 0.6) is 0 Å². The van der Waals surface area contributed by atoms with Crippen LogP contribution in [0.2, 0.25) is 0 Å². The van der Waals surface area contributed by atoms with E-state index in [9.17, 15) is 4.79 Å². The van der Waals surface area contributed by atoms with Crippen molar-refractivity contribution < 1.29 is 9.53 Å². The molecule has 0 radical (unpaired) electrons. The lowest BCUT2D eigenvalue weighted by molar-refractivity contribution is -0.133. The van der Waals surface area contributed by atoms with Crippen LogP contribution in [-0.4, -0.2) is 49.2 Å².